The van der Waals surface area contributed by atoms with Crippen molar-refractivity contribution >= 4 is 11.7 Å². The summed E-state index contributed by atoms with van der Waals surface area (Å²) in [4.78, 5) is 19.3. The van der Waals surface area contributed by atoms with Crippen LogP contribution in [0.1, 0.15) is 12.6 Å². The zero-order valence-corrected chi connectivity index (χ0v) is 8.53. The smallest absolute Gasteiger partial charge is 0.242 e. The Hall–Kier alpha value is -1.49. The average Bonchev–Trinajstić information content (AvgIpc) is 2.16. The third kappa shape index (κ3) is 2.77. The van der Waals surface area contributed by atoms with Crippen LogP contribution < -0.4 is 10.6 Å². The molecule has 2 N–H and O–H groups in total. The lowest BCUT2D eigenvalue weighted by molar-refractivity contribution is -0.117. The van der Waals surface area contributed by atoms with Gasteiger partial charge in [0.15, 0.2) is 0 Å². The molecule has 1 aromatic heterocycles. The number of amides is 1. The average molecular weight is 194 g/mol. The monoisotopic (exact) mass is 194 g/mol. The first-order valence-electron chi connectivity index (χ1n) is 4.40. The van der Waals surface area contributed by atoms with Crippen LogP contribution in [0.3, 0.4) is 0 Å². The van der Waals surface area contributed by atoms with Gasteiger partial charge in [-0.3, -0.25) is 4.79 Å². The van der Waals surface area contributed by atoms with Gasteiger partial charge in [-0.25, -0.2) is 9.97 Å². The molecule has 0 aliphatic carbocycles. The lowest BCUT2D eigenvalue weighted by Crippen LogP contribution is -2.35. The molecule has 0 radical (unpaired) electrons. The highest BCUT2D eigenvalue weighted by Gasteiger charge is 2.10. The number of rotatable bonds is 3. The highest BCUT2D eigenvalue weighted by Crippen LogP contribution is 2.02. The molecule has 0 aliphatic rings. The van der Waals surface area contributed by atoms with E-state index in [-0.39, 0.29) is 11.9 Å². The van der Waals surface area contributed by atoms with Crippen molar-refractivity contribution < 1.29 is 4.79 Å². The number of anilines is 1. The minimum Gasteiger partial charge on any atom is -0.309 e. The number of aromatic nitrogens is 2. The first kappa shape index (κ1) is 10.6. The lowest BCUT2D eigenvalue weighted by Gasteiger charge is -2.10. The third-order valence-corrected chi connectivity index (χ3v) is 1.88. The molecular weight excluding hydrogens is 180 g/mol. The summed E-state index contributed by atoms with van der Waals surface area (Å²) in [6.07, 6.45) is 1.43. The summed E-state index contributed by atoms with van der Waals surface area (Å²) < 4.78 is 0. The topological polar surface area (TPSA) is 66.9 Å². The van der Waals surface area contributed by atoms with Gasteiger partial charge >= 0.3 is 0 Å². The lowest BCUT2D eigenvalue weighted by atomic mass is 10.3. The van der Waals surface area contributed by atoms with Crippen LogP contribution >= 0.6 is 0 Å². The van der Waals surface area contributed by atoms with Gasteiger partial charge in [-0.2, -0.15) is 0 Å². The normalized spacial score (nSPS) is 12.2. The first-order chi connectivity index (χ1) is 6.63. The van der Waals surface area contributed by atoms with E-state index in [9.17, 15) is 4.79 Å². The van der Waals surface area contributed by atoms with Crippen LogP contribution in [0.5, 0.6) is 0 Å². The molecule has 0 aliphatic heterocycles. The summed E-state index contributed by atoms with van der Waals surface area (Å²) in [5.41, 5.74) is 0.826. The van der Waals surface area contributed by atoms with Gasteiger partial charge in [0.1, 0.15) is 12.1 Å². The van der Waals surface area contributed by atoms with E-state index in [2.05, 4.69) is 20.6 Å². The van der Waals surface area contributed by atoms with E-state index < -0.39 is 0 Å². The summed E-state index contributed by atoms with van der Waals surface area (Å²) in [5, 5.41) is 5.52. The van der Waals surface area contributed by atoms with E-state index in [0.29, 0.717) is 5.82 Å². The summed E-state index contributed by atoms with van der Waals surface area (Å²) >= 11 is 0. The molecule has 1 atom stereocenters. The largest absolute Gasteiger partial charge is 0.309 e. The summed E-state index contributed by atoms with van der Waals surface area (Å²) in [6.45, 7) is 3.63. The Labute approximate surface area is 83.0 Å². The SMILES string of the molecule is CNC(C)C(=O)Nc1cc(C)ncn1. The third-order valence-electron chi connectivity index (χ3n) is 1.88. The second kappa shape index (κ2) is 4.66. The number of aryl methyl sites for hydroxylation is 1. The van der Waals surface area contributed by atoms with Crippen molar-refractivity contribution in [1.29, 1.82) is 0 Å². The van der Waals surface area contributed by atoms with E-state index >= 15 is 0 Å². The molecule has 1 unspecified atom stereocenters. The predicted octanol–water partition coefficient (Wildman–Crippen LogP) is 0.331. The summed E-state index contributed by atoms with van der Waals surface area (Å²) in [5.74, 6) is 0.426. The molecule has 0 aromatic carbocycles. The fourth-order valence-electron chi connectivity index (χ4n) is 0.888. The fourth-order valence-corrected chi connectivity index (χ4v) is 0.888. The van der Waals surface area contributed by atoms with Crippen molar-refractivity contribution in [2.45, 2.75) is 19.9 Å². The fraction of sp³-hybridized carbons (Fsp3) is 0.444. The number of nitrogens with zero attached hydrogens (tertiary/aromatic N) is 2. The van der Waals surface area contributed by atoms with Gasteiger partial charge in [0, 0.05) is 11.8 Å². The highest BCUT2D eigenvalue weighted by atomic mass is 16.2. The maximum atomic E-state index is 11.4. The summed E-state index contributed by atoms with van der Waals surface area (Å²) in [6, 6.07) is 1.49. The van der Waals surface area contributed by atoms with Crippen LogP contribution in [-0.4, -0.2) is 29.0 Å². The number of nitrogens with one attached hydrogen (secondary N) is 2. The maximum Gasteiger partial charge on any atom is 0.242 e. The van der Waals surface area contributed by atoms with Crippen molar-refractivity contribution in [3.8, 4) is 0 Å². The van der Waals surface area contributed by atoms with Gasteiger partial charge < -0.3 is 10.6 Å². The van der Waals surface area contributed by atoms with E-state index in [4.69, 9.17) is 0 Å². The molecule has 0 bridgehead atoms. The first-order valence-corrected chi connectivity index (χ1v) is 4.40. The van der Waals surface area contributed by atoms with Crippen LogP contribution in [0.2, 0.25) is 0 Å². The molecule has 1 rings (SSSR count). The molecule has 5 nitrogen and oxygen atoms in total. The van der Waals surface area contributed by atoms with Crippen LogP contribution in [0, 0.1) is 6.92 Å². The van der Waals surface area contributed by atoms with Crippen LogP contribution in [0.15, 0.2) is 12.4 Å². The van der Waals surface area contributed by atoms with Gasteiger partial charge in [-0.1, -0.05) is 0 Å². The van der Waals surface area contributed by atoms with Crippen molar-refractivity contribution in [2.75, 3.05) is 12.4 Å². The molecule has 1 aromatic rings. The second-order valence-corrected chi connectivity index (χ2v) is 3.04. The molecule has 5 heteroatoms. The zero-order valence-electron chi connectivity index (χ0n) is 8.53. The van der Waals surface area contributed by atoms with Gasteiger partial charge in [0.05, 0.1) is 6.04 Å². The number of carbonyl (C=O) groups excluding carboxylic acids is 1. The van der Waals surface area contributed by atoms with Crippen molar-refractivity contribution in [2.24, 2.45) is 0 Å². The minimum atomic E-state index is -0.231. The second-order valence-electron chi connectivity index (χ2n) is 3.04. The molecule has 1 amide bonds. The Morgan fingerprint density at radius 3 is 2.79 bits per heavy atom. The van der Waals surface area contributed by atoms with Gasteiger partial charge in [-0.05, 0) is 20.9 Å². The Kier molecular flexibility index (Phi) is 3.53. The van der Waals surface area contributed by atoms with Gasteiger partial charge in [0.25, 0.3) is 0 Å². The van der Waals surface area contributed by atoms with Crippen LogP contribution in [-0.2, 0) is 4.79 Å². The summed E-state index contributed by atoms with van der Waals surface area (Å²) in [7, 11) is 1.73. The highest BCUT2D eigenvalue weighted by molar-refractivity contribution is 5.93. The van der Waals surface area contributed by atoms with E-state index in [0.717, 1.165) is 5.69 Å². The molecular formula is C9H14N4O. The number of hydrogen-bond donors (Lipinski definition) is 2. The number of hydrogen-bond acceptors (Lipinski definition) is 4. The maximum absolute atomic E-state index is 11.4. The van der Waals surface area contributed by atoms with E-state index in [1.54, 1.807) is 20.0 Å². The molecule has 14 heavy (non-hydrogen) atoms. The van der Waals surface area contributed by atoms with Gasteiger partial charge in [-0.15, -0.1) is 0 Å². The molecule has 1 heterocycles. The number of likely N-dealkylation sites (N-methyl/N-ethyl adjacent to an activating group) is 1. The zero-order chi connectivity index (χ0) is 10.6. The van der Waals surface area contributed by atoms with Crippen molar-refractivity contribution in [3.05, 3.63) is 18.1 Å². The Bertz CT molecular complexity index is 326. The Morgan fingerprint density at radius 1 is 1.50 bits per heavy atom. The van der Waals surface area contributed by atoms with Crippen LogP contribution in [0.4, 0.5) is 5.82 Å². The Morgan fingerprint density at radius 2 is 2.21 bits per heavy atom. The number of carbonyl (C=O) groups is 1. The van der Waals surface area contributed by atoms with Crippen molar-refractivity contribution in [3.63, 3.8) is 0 Å². The standard InChI is InChI=1S/C9H14N4O/c1-6-4-8(12-5-11-6)13-9(14)7(2)10-3/h4-5,7,10H,1-3H3,(H,11,12,13,14). The predicted molar refractivity (Wildman–Crippen MR) is 53.9 cm³/mol. The molecule has 0 spiro atoms. The van der Waals surface area contributed by atoms with Crippen LogP contribution in [0.25, 0.3) is 0 Å². The minimum absolute atomic E-state index is 0.106. The quantitative estimate of drug-likeness (QED) is 0.727. The molecule has 0 saturated heterocycles. The molecule has 0 saturated carbocycles. The molecule has 76 valence electrons. The van der Waals surface area contributed by atoms with Crippen molar-refractivity contribution in [1.82, 2.24) is 15.3 Å². The van der Waals surface area contributed by atoms with E-state index in [1.807, 2.05) is 6.92 Å². The van der Waals surface area contributed by atoms with E-state index in [1.165, 1.54) is 6.33 Å². The van der Waals surface area contributed by atoms with Gasteiger partial charge in [0.2, 0.25) is 5.91 Å². The Balaban J connectivity index is 2.65. The molecule has 0 fully saturated rings.